The van der Waals surface area contributed by atoms with Crippen molar-refractivity contribution in [1.82, 2.24) is 10.2 Å². The number of benzene rings is 1. The fourth-order valence-electron chi connectivity index (χ4n) is 4.53. The van der Waals surface area contributed by atoms with Crippen LogP contribution in [0.25, 0.3) is 0 Å². The highest BCUT2D eigenvalue weighted by Gasteiger charge is 2.34. The van der Waals surface area contributed by atoms with Gasteiger partial charge in [0.15, 0.2) is 0 Å². The highest BCUT2D eigenvalue weighted by atomic mass is 16.6. The third-order valence-electron chi connectivity index (χ3n) is 5.97. The van der Waals surface area contributed by atoms with Gasteiger partial charge < -0.3 is 15.0 Å². The summed E-state index contributed by atoms with van der Waals surface area (Å²) in [5.41, 5.74) is 3.57. The number of carbonyl (C=O) groups is 1. The number of anilines is 1. The van der Waals surface area contributed by atoms with Crippen LogP contribution in [-0.4, -0.2) is 49.3 Å². The summed E-state index contributed by atoms with van der Waals surface area (Å²) >= 11 is 0. The number of hydrogen-bond acceptors (Lipinski definition) is 4. The molecule has 1 N–H and O–H groups in total. The van der Waals surface area contributed by atoms with E-state index in [2.05, 4.69) is 35.3 Å². The summed E-state index contributed by atoms with van der Waals surface area (Å²) in [6.07, 6.45) is 4.52. The van der Waals surface area contributed by atoms with Crippen LogP contribution >= 0.6 is 0 Å². The monoisotopic (exact) mass is 387 g/mol. The van der Waals surface area contributed by atoms with Gasteiger partial charge in [-0.2, -0.15) is 0 Å². The standard InChI is InChI=1S/C23H37N3O2/c1-6-17-9-8-12-25(15-17)21-11-7-10-18-16-26(22(27)28-23(2,3)4)19(14-24-5)13-20(18)21/h7,10-11,17,19,24H,6,8-9,12-16H2,1-5H3. The van der Waals surface area contributed by atoms with E-state index in [1.807, 2.05) is 32.7 Å². The lowest BCUT2D eigenvalue weighted by molar-refractivity contribution is 0.0122. The van der Waals surface area contributed by atoms with Gasteiger partial charge in [-0.3, -0.25) is 4.90 Å². The van der Waals surface area contributed by atoms with Crippen LogP contribution in [0.5, 0.6) is 0 Å². The summed E-state index contributed by atoms with van der Waals surface area (Å²) < 4.78 is 5.69. The minimum absolute atomic E-state index is 0.111. The molecule has 2 aliphatic heterocycles. The maximum Gasteiger partial charge on any atom is 0.410 e. The van der Waals surface area contributed by atoms with Crippen molar-refractivity contribution in [2.45, 2.75) is 71.6 Å². The first-order chi connectivity index (χ1) is 13.3. The highest BCUT2D eigenvalue weighted by molar-refractivity contribution is 5.70. The van der Waals surface area contributed by atoms with Gasteiger partial charge in [0.2, 0.25) is 0 Å². The summed E-state index contributed by atoms with van der Waals surface area (Å²) in [7, 11) is 1.95. The lowest BCUT2D eigenvalue weighted by Crippen LogP contribution is -2.50. The van der Waals surface area contributed by atoms with E-state index >= 15 is 0 Å². The van der Waals surface area contributed by atoms with E-state index in [1.54, 1.807) is 0 Å². The first kappa shape index (κ1) is 21.0. The Balaban J connectivity index is 1.86. The van der Waals surface area contributed by atoms with Crippen LogP contribution in [0, 0.1) is 5.92 Å². The smallest absolute Gasteiger partial charge is 0.410 e. The number of hydrogen-bond donors (Lipinski definition) is 1. The predicted octanol–water partition coefficient (Wildman–Crippen LogP) is 4.19. The number of ether oxygens (including phenoxy) is 1. The van der Waals surface area contributed by atoms with Crippen molar-refractivity contribution >= 4 is 11.8 Å². The number of rotatable bonds is 4. The van der Waals surface area contributed by atoms with E-state index in [9.17, 15) is 4.79 Å². The predicted molar refractivity (Wildman–Crippen MR) is 115 cm³/mol. The maximum absolute atomic E-state index is 12.8. The molecule has 28 heavy (non-hydrogen) atoms. The number of likely N-dealkylation sites (N-methyl/N-ethyl adjacent to an activating group) is 1. The molecular formula is C23H37N3O2. The van der Waals surface area contributed by atoms with Gasteiger partial charge in [0.05, 0.1) is 6.04 Å². The maximum atomic E-state index is 12.8. The molecule has 0 bridgehead atoms. The molecule has 0 saturated carbocycles. The first-order valence-electron chi connectivity index (χ1n) is 10.8. The molecule has 1 saturated heterocycles. The number of piperidine rings is 1. The zero-order chi connectivity index (χ0) is 20.3. The number of nitrogens with one attached hydrogen (secondary N) is 1. The Bertz CT molecular complexity index is 683. The summed E-state index contributed by atoms with van der Waals surface area (Å²) in [5.74, 6) is 0.791. The SMILES string of the molecule is CCC1CCCN(c2cccc3c2CC(CNC)N(C(=O)OC(C)(C)C)C3)C1. The Kier molecular flexibility index (Phi) is 6.54. The summed E-state index contributed by atoms with van der Waals surface area (Å²) in [5, 5.41) is 3.27. The van der Waals surface area contributed by atoms with Crippen LogP contribution in [-0.2, 0) is 17.7 Å². The largest absolute Gasteiger partial charge is 0.444 e. The van der Waals surface area contributed by atoms with Crippen LogP contribution in [0.3, 0.4) is 0 Å². The lowest BCUT2D eigenvalue weighted by atomic mass is 9.90. The highest BCUT2D eigenvalue weighted by Crippen LogP contribution is 2.34. The van der Waals surface area contributed by atoms with Gasteiger partial charge in [0.25, 0.3) is 0 Å². The van der Waals surface area contributed by atoms with E-state index in [0.29, 0.717) is 6.54 Å². The molecule has 1 fully saturated rings. The van der Waals surface area contributed by atoms with Crippen molar-refractivity contribution in [2.75, 3.05) is 31.6 Å². The second kappa shape index (κ2) is 8.73. The third-order valence-corrected chi connectivity index (χ3v) is 5.97. The van der Waals surface area contributed by atoms with Crippen molar-refractivity contribution in [3.63, 3.8) is 0 Å². The molecule has 5 nitrogen and oxygen atoms in total. The molecule has 0 radical (unpaired) electrons. The molecule has 3 rings (SSSR count). The van der Waals surface area contributed by atoms with E-state index in [-0.39, 0.29) is 12.1 Å². The minimum Gasteiger partial charge on any atom is -0.444 e. The van der Waals surface area contributed by atoms with Gasteiger partial charge in [0.1, 0.15) is 5.60 Å². The topological polar surface area (TPSA) is 44.8 Å². The molecule has 1 aromatic carbocycles. The Morgan fingerprint density at radius 2 is 2.11 bits per heavy atom. The van der Waals surface area contributed by atoms with Crippen molar-refractivity contribution in [3.05, 3.63) is 29.3 Å². The van der Waals surface area contributed by atoms with Crippen LogP contribution in [0.1, 0.15) is 58.1 Å². The Morgan fingerprint density at radius 3 is 2.79 bits per heavy atom. The van der Waals surface area contributed by atoms with E-state index < -0.39 is 5.60 Å². The van der Waals surface area contributed by atoms with Gasteiger partial charge in [-0.15, -0.1) is 0 Å². The Labute approximate surface area is 170 Å². The Morgan fingerprint density at radius 1 is 1.32 bits per heavy atom. The Hall–Kier alpha value is -1.75. The molecule has 2 unspecified atom stereocenters. The molecule has 156 valence electrons. The average molecular weight is 388 g/mol. The minimum atomic E-state index is -0.480. The van der Waals surface area contributed by atoms with Gasteiger partial charge in [0, 0.05) is 31.9 Å². The molecule has 0 spiro atoms. The summed E-state index contributed by atoms with van der Waals surface area (Å²) in [6.45, 7) is 11.8. The third kappa shape index (κ3) is 4.80. The van der Waals surface area contributed by atoms with Gasteiger partial charge >= 0.3 is 6.09 Å². The van der Waals surface area contributed by atoms with Crippen molar-refractivity contribution in [2.24, 2.45) is 5.92 Å². The second-order valence-corrected chi connectivity index (χ2v) is 9.30. The molecular weight excluding hydrogens is 350 g/mol. The average Bonchev–Trinajstić information content (AvgIpc) is 2.66. The van der Waals surface area contributed by atoms with Gasteiger partial charge in [-0.25, -0.2) is 4.79 Å². The molecule has 0 aromatic heterocycles. The van der Waals surface area contributed by atoms with Crippen LogP contribution < -0.4 is 10.2 Å². The number of nitrogens with zero attached hydrogens (tertiary/aromatic N) is 2. The number of carbonyl (C=O) groups excluding carboxylic acids is 1. The molecule has 2 heterocycles. The van der Waals surface area contributed by atoms with Crippen LogP contribution in [0.15, 0.2) is 18.2 Å². The number of fused-ring (bicyclic) bond motifs is 1. The summed E-state index contributed by atoms with van der Waals surface area (Å²) in [4.78, 5) is 17.3. The van der Waals surface area contributed by atoms with Gasteiger partial charge in [-0.1, -0.05) is 25.5 Å². The number of amides is 1. The van der Waals surface area contributed by atoms with E-state index in [1.165, 1.54) is 36.1 Å². The van der Waals surface area contributed by atoms with Crippen molar-refractivity contribution < 1.29 is 9.53 Å². The van der Waals surface area contributed by atoms with E-state index in [0.717, 1.165) is 32.0 Å². The van der Waals surface area contributed by atoms with Crippen molar-refractivity contribution in [1.29, 1.82) is 0 Å². The molecule has 2 aliphatic rings. The van der Waals surface area contributed by atoms with Crippen LogP contribution in [0.4, 0.5) is 10.5 Å². The quantitative estimate of drug-likeness (QED) is 0.841. The molecule has 5 heteroatoms. The fourth-order valence-corrected chi connectivity index (χ4v) is 4.53. The molecule has 1 aromatic rings. The van der Waals surface area contributed by atoms with Crippen LogP contribution in [0.2, 0.25) is 0 Å². The fraction of sp³-hybridized carbons (Fsp3) is 0.696. The molecule has 1 amide bonds. The van der Waals surface area contributed by atoms with E-state index in [4.69, 9.17) is 4.74 Å². The molecule has 2 atom stereocenters. The zero-order valence-electron chi connectivity index (χ0n) is 18.3. The lowest BCUT2D eigenvalue weighted by Gasteiger charge is -2.41. The first-order valence-corrected chi connectivity index (χ1v) is 10.8. The zero-order valence-corrected chi connectivity index (χ0v) is 18.3. The summed E-state index contributed by atoms with van der Waals surface area (Å²) in [6, 6.07) is 6.71. The molecule has 0 aliphatic carbocycles. The normalized spacial score (nSPS) is 22.8. The van der Waals surface area contributed by atoms with Crippen molar-refractivity contribution in [3.8, 4) is 0 Å². The second-order valence-electron chi connectivity index (χ2n) is 9.30. The van der Waals surface area contributed by atoms with Gasteiger partial charge in [-0.05, 0) is 70.2 Å².